The van der Waals surface area contributed by atoms with E-state index in [2.05, 4.69) is 17.3 Å². The molecule has 0 aliphatic heterocycles. The molecule has 0 radical (unpaired) electrons. The van der Waals surface area contributed by atoms with E-state index in [0.717, 1.165) is 55.5 Å². The van der Waals surface area contributed by atoms with Crippen molar-refractivity contribution < 1.29 is 18.7 Å². The van der Waals surface area contributed by atoms with E-state index in [0.29, 0.717) is 24.3 Å². The van der Waals surface area contributed by atoms with Gasteiger partial charge < -0.3 is 10.4 Å². The number of carbonyl (C=O) groups is 1. The molecule has 0 saturated carbocycles. The maximum Gasteiger partial charge on any atom is 0.272 e. The van der Waals surface area contributed by atoms with Crippen molar-refractivity contribution in [3.8, 4) is 5.69 Å². The molecule has 1 aromatic heterocycles. The molecule has 0 saturated heterocycles. The van der Waals surface area contributed by atoms with Crippen LogP contribution in [0.5, 0.6) is 0 Å². The molecule has 1 amide bonds. The lowest BCUT2D eigenvalue weighted by molar-refractivity contribution is 0.0936. The summed E-state index contributed by atoms with van der Waals surface area (Å²) in [6.07, 6.45) is 4.97. The van der Waals surface area contributed by atoms with Crippen molar-refractivity contribution in [2.75, 3.05) is 13.2 Å². The van der Waals surface area contributed by atoms with Crippen LogP contribution in [-0.2, 0) is 12.8 Å². The normalized spacial score (nSPS) is 14.2. The highest BCUT2D eigenvalue weighted by atomic mass is 19.2. The molecule has 146 valence electrons. The van der Waals surface area contributed by atoms with Crippen molar-refractivity contribution >= 4 is 5.91 Å². The van der Waals surface area contributed by atoms with E-state index < -0.39 is 11.6 Å². The van der Waals surface area contributed by atoms with Crippen LogP contribution >= 0.6 is 0 Å². The number of fused-ring (bicyclic) bond motifs is 1. The van der Waals surface area contributed by atoms with Gasteiger partial charge in [-0.15, -0.1) is 0 Å². The molecule has 1 heterocycles. The van der Waals surface area contributed by atoms with Gasteiger partial charge in [-0.1, -0.05) is 13.3 Å². The number of nitrogens with zero attached hydrogens (tertiary/aromatic N) is 2. The number of hydrogen-bond donors (Lipinski definition) is 2. The molecule has 0 spiro atoms. The first-order valence-electron chi connectivity index (χ1n) is 9.50. The van der Waals surface area contributed by atoms with Crippen LogP contribution < -0.4 is 5.32 Å². The van der Waals surface area contributed by atoms with Gasteiger partial charge in [0.25, 0.3) is 5.91 Å². The standard InChI is InChI=1S/C20H25F2N3O2/c1-2-4-13(9-10-26)12-23-20(27)19-15-5-3-6-18(15)25(24-19)14-7-8-16(21)17(22)11-14/h7-8,11,13,26H,2-6,9-10,12H2,1H3,(H,23,27)/t13-/m1/s1. The van der Waals surface area contributed by atoms with E-state index in [4.69, 9.17) is 5.11 Å². The Balaban J connectivity index is 1.82. The Morgan fingerprint density at radius 2 is 2.11 bits per heavy atom. The monoisotopic (exact) mass is 377 g/mol. The van der Waals surface area contributed by atoms with Crippen LogP contribution in [0.25, 0.3) is 5.69 Å². The van der Waals surface area contributed by atoms with E-state index in [9.17, 15) is 13.6 Å². The molecule has 7 heteroatoms. The molecule has 5 nitrogen and oxygen atoms in total. The molecule has 3 rings (SSSR count). The molecule has 2 aromatic rings. The summed E-state index contributed by atoms with van der Waals surface area (Å²) in [6, 6.07) is 3.63. The first-order chi connectivity index (χ1) is 13.0. The van der Waals surface area contributed by atoms with E-state index in [1.807, 2.05) is 0 Å². The van der Waals surface area contributed by atoms with Crippen LogP contribution in [0.2, 0.25) is 0 Å². The molecule has 1 aliphatic carbocycles. The van der Waals surface area contributed by atoms with Crippen LogP contribution in [-0.4, -0.2) is 33.9 Å². The number of aliphatic hydroxyl groups excluding tert-OH is 1. The smallest absolute Gasteiger partial charge is 0.272 e. The van der Waals surface area contributed by atoms with Gasteiger partial charge in [0.05, 0.1) is 5.69 Å². The zero-order chi connectivity index (χ0) is 19.4. The predicted molar refractivity (Wildman–Crippen MR) is 97.9 cm³/mol. The number of nitrogens with one attached hydrogen (secondary N) is 1. The van der Waals surface area contributed by atoms with Crippen molar-refractivity contribution in [3.05, 3.63) is 46.8 Å². The Morgan fingerprint density at radius 3 is 2.81 bits per heavy atom. The van der Waals surface area contributed by atoms with Crippen LogP contribution in [0.4, 0.5) is 8.78 Å². The first-order valence-corrected chi connectivity index (χ1v) is 9.50. The molecular weight excluding hydrogens is 352 g/mol. The Hall–Kier alpha value is -2.28. The minimum absolute atomic E-state index is 0.0979. The average molecular weight is 377 g/mol. The van der Waals surface area contributed by atoms with Gasteiger partial charge in [-0.05, 0) is 50.2 Å². The van der Waals surface area contributed by atoms with E-state index in [1.54, 1.807) is 4.68 Å². The molecule has 0 bridgehead atoms. The fourth-order valence-electron chi connectivity index (χ4n) is 3.71. The highest BCUT2D eigenvalue weighted by molar-refractivity contribution is 5.94. The Kier molecular flexibility index (Phi) is 6.21. The van der Waals surface area contributed by atoms with Gasteiger partial charge in [0.1, 0.15) is 0 Å². The number of benzene rings is 1. The first kappa shape index (κ1) is 19.5. The third kappa shape index (κ3) is 4.18. The number of halogens is 2. The van der Waals surface area contributed by atoms with Gasteiger partial charge in [0.2, 0.25) is 0 Å². The Morgan fingerprint density at radius 1 is 1.30 bits per heavy atom. The van der Waals surface area contributed by atoms with Gasteiger partial charge in [-0.2, -0.15) is 5.10 Å². The minimum Gasteiger partial charge on any atom is -0.396 e. The lowest BCUT2D eigenvalue weighted by atomic mass is 10.00. The molecule has 0 fully saturated rings. The second-order valence-electron chi connectivity index (χ2n) is 7.01. The maximum atomic E-state index is 13.6. The summed E-state index contributed by atoms with van der Waals surface area (Å²) >= 11 is 0. The summed E-state index contributed by atoms with van der Waals surface area (Å²) in [6.45, 7) is 2.66. The molecule has 0 unspecified atom stereocenters. The molecule has 1 aromatic carbocycles. The average Bonchev–Trinajstić information content (AvgIpc) is 3.25. The van der Waals surface area contributed by atoms with Crippen molar-refractivity contribution in [1.29, 1.82) is 0 Å². The Bertz CT molecular complexity index is 814. The maximum absolute atomic E-state index is 13.6. The Labute approximate surface area is 157 Å². The molecule has 27 heavy (non-hydrogen) atoms. The minimum atomic E-state index is -0.938. The summed E-state index contributed by atoms with van der Waals surface area (Å²) in [5.74, 6) is -1.88. The fraction of sp³-hybridized carbons (Fsp3) is 0.500. The number of aliphatic hydroxyl groups is 1. The third-order valence-corrected chi connectivity index (χ3v) is 5.08. The lowest BCUT2D eigenvalue weighted by Gasteiger charge is -2.15. The van der Waals surface area contributed by atoms with E-state index in [1.165, 1.54) is 6.07 Å². The number of rotatable bonds is 8. The van der Waals surface area contributed by atoms with Gasteiger partial charge in [0, 0.05) is 30.5 Å². The topological polar surface area (TPSA) is 67.2 Å². The van der Waals surface area contributed by atoms with Crippen molar-refractivity contribution in [3.63, 3.8) is 0 Å². The largest absolute Gasteiger partial charge is 0.396 e. The van der Waals surface area contributed by atoms with Gasteiger partial charge in [0.15, 0.2) is 17.3 Å². The second-order valence-corrected chi connectivity index (χ2v) is 7.01. The highest BCUT2D eigenvalue weighted by Gasteiger charge is 2.27. The van der Waals surface area contributed by atoms with Crippen LogP contribution in [0.15, 0.2) is 18.2 Å². The number of amides is 1. The van der Waals surface area contributed by atoms with Gasteiger partial charge in [-0.3, -0.25) is 4.79 Å². The van der Waals surface area contributed by atoms with E-state index in [-0.39, 0.29) is 18.4 Å². The molecule has 2 N–H and O–H groups in total. The summed E-state index contributed by atoms with van der Waals surface area (Å²) in [5.41, 5.74) is 2.53. The summed E-state index contributed by atoms with van der Waals surface area (Å²) in [7, 11) is 0. The summed E-state index contributed by atoms with van der Waals surface area (Å²) in [4.78, 5) is 12.7. The molecule has 1 aliphatic rings. The van der Waals surface area contributed by atoms with Gasteiger partial charge in [-0.25, -0.2) is 13.5 Å². The van der Waals surface area contributed by atoms with Crippen LogP contribution in [0.1, 0.15) is 54.4 Å². The van der Waals surface area contributed by atoms with Gasteiger partial charge >= 0.3 is 0 Å². The highest BCUT2D eigenvalue weighted by Crippen LogP contribution is 2.28. The second kappa shape index (κ2) is 8.61. The van der Waals surface area contributed by atoms with Crippen molar-refractivity contribution in [2.45, 2.75) is 45.4 Å². The zero-order valence-electron chi connectivity index (χ0n) is 15.5. The van der Waals surface area contributed by atoms with Crippen molar-refractivity contribution in [1.82, 2.24) is 15.1 Å². The summed E-state index contributed by atoms with van der Waals surface area (Å²) < 4.78 is 28.4. The third-order valence-electron chi connectivity index (χ3n) is 5.08. The summed E-state index contributed by atoms with van der Waals surface area (Å²) in [5, 5.41) is 16.5. The van der Waals surface area contributed by atoms with E-state index >= 15 is 0 Å². The van der Waals surface area contributed by atoms with Crippen molar-refractivity contribution in [2.24, 2.45) is 5.92 Å². The molecule has 1 atom stereocenters. The zero-order valence-corrected chi connectivity index (χ0v) is 15.5. The number of aromatic nitrogens is 2. The quantitative estimate of drug-likeness (QED) is 0.743. The fourth-order valence-corrected chi connectivity index (χ4v) is 3.71. The molecular formula is C20H25F2N3O2. The predicted octanol–water partition coefficient (Wildman–Crippen LogP) is 3.17. The van der Waals surface area contributed by atoms with Crippen LogP contribution in [0, 0.1) is 17.6 Å². The van der Waals surface area contributed by atoms with Crippen LogP contribution in [0.3, 0.4) is 0 Å². The number of hydrogen-bond acceptors (Lipinski definition) is 3. The number of carbonyl (C=O) groups excluding carboxylic acids is 1. The SMILES string of the molecule is CCC[C@H](CCO)CNC(=O)c1nn(-c2ccc(F)c(F)c2)c2c1CCC2. The lowest BCUT2D eigenvalue weighted by Crippen LogP contribution is -2.30.